The van der Waals surface area contributed by atoms with Gasteiger partial charge >= 0.3 is 0 Å². The third kappa shape index (κ3) is 5.23. The van der Waals surface area contributed by atoms with Crippen molar-refractivity contribution in [1.82, 2.24) is 15.5 Å². The number of nitrogens with one attached hydrogen (secondary N) is 1. The van der Waals surface area contributed by atoms with E-state index in [1.165, 1.54) is 0 Å². The van der Waals surface area contributed by atoms with E-state index in [1.54, 1.807) is 38.3 Å². The predicted molar refractivity (Wildman–Crippen MR) is 101 cm³/mol. The lowest BCUT2D eigenvalue weighted by molar-refractivity contribution is 0.0946. The summed E-state index contributed by atoms with van der Waals surface area (Å²) in [6.45, 7) is 2.61. The Hall–Kier alpha value is -3.55. The maximum atomic E-state index is 12.2. The van der Waals surface area contributed by atoms with Crippen molar-refractivity contribution >= 4 is 5.91 Å². The van der Waals surface area contributed by atoms with E-state index < -0.39 is 0 Å². The normalized spacial score (nSPS) is 10.4. The van der Waals surface area contributed by atoms with Crippen molar-refractivity contribution in [3.8, 4) is 17.2 Å². The minimum atomic E-state index is -0.191. The molecule has 1 amide bonds. The van der Waals surface area contributed by atoms with Crippen LogP contribution in [0.4, 0.5) is 0 Å². The van der Waals surface area contributed by atoms with Gasteiger partial charge in [-0.3, -0.25) is 4.79 Å². The highest BCUT2D eigenvalue weighted by atomic mass is 16.5. The van der Waals surface area contributed by atoms with Gasteiger partial charge in [0.2, 0.25) is 11.7 Å². The lowest BCUT2D eigenvalue weighted by Crippen LogP contribution is -2.28. The molecule has 1 aromatic heterocycles. The van der Waals surface area contributed by atoms with Crippen LogP contribution in [0.1, 0.15) is 22.1 Å². The fourth-order valence-corrected chi connectivity index (χ4v) is 2.42. The standard InChI is InChI=1S/C20H21N3O5/c1-14-22-19(23-28-14)13-27-16-9-7-15(8-10-16)20(24)21-11-12-26-18-6-4-3-5-17(18)25-2/h3-10H,11-13H2,1-2H3,(H,21,24). The molecule has 0 unspecified atom stereocenters. The molecule has 0 radical (unpaired) electrons. The molecule has 0 saturated carbocycles. The number of benzene rings is 2. The second-order valence-corrected chi connectivity index (χ2v) is 5.80. The van der Waals surface area contributed by atoms with Gasteiger partial charge in [-0.15, -0.1) is 0 Å². The molecule has 3 rings (SSSR count). The van der Waals surface area contributed by atoms with Gasteiger partial charge in [0.25, 0.3) is 5.91 Å². The van der Waals surface area contributed by atoms with Crippen LogP contribution < -0.4 is 19.5 Å². The third-order valence-electron chi connectivity index (χ3n) is 3.77. The van der Waals surface area contributed by atoms with Crippen LogP contribution in [-0.2, 0) is 6.61 Å². The fourth-order valence-electron chi connectivity index (χ4n) is 2.42. The molecule has 0 spiro atoms. The first-order valence-corrected chi connectivity index (χ1v) is 8.72. The van der Waals surface area contributed by atoms with Gasteiger partial charge in [0.05, 0.1) is 13.7 Å². The second kappa shape index (κ2) is 9.40. The largest absolute Gasteiger partial charge is 0.493 e. The molecule has 0 aliphatic rings. The summed E-state index contributed by atoms with van der Waals surface area (Å²) < 4.78 is 21.3. The first-order valence-electron chi connectivity index (χ1n) is 8.72. The number of carbonyl (C=O) groups is 1. The molecular formula is C20H21N3O5. The van der Waals surface area contributed by atoms with Crippen LogP contribution in [0.2, 0.25) is 0 Å². The van der Waals surface area contributed by atoms with Crippen LogP contribution in [0.5, 0.6) is 17.2 Å². The quantitative estimate of drug-likeness (QED) is 0.568. The smallest absolute Gasteiger partial charge is 0.251 e. The van der Waals surface area contributed by atoms with Crippen LogP contribution >= 0.6 is 0 Å². The number of hydrogen-bond acceptors (Lipinski definition) is 7. The number of rotatable bonds is 9. The molecule has 0 atom stereocenters. The van der Waals surface area contributed by atoms with Crippen LogP contribution in [0.15, 0.2) is 53.1 Å². The summed E-state index contributed by atoms with van der Waals surface area (Å²) in [5, 5.41) is 6.56. The summed E-state index contributed by atoms with van der Waals surface area (Å²) in [5.74, 6) is 2.66. The van der Waals surface area contributed by atoms with E-state index in [0.29, 0.717) is 47.7 Å². The maximum Gasteiger partial charge on any atom is 0.251 e. The van der Waals surface area contributed by atoms with Crippen molar-refractivity contribution in [3.05, 3.63) is 65.8 Å². The Morgan fingerprint density at radius 2 is 1.82 bits per heavy atom. The topological polar surface area (TPSA) is 95.7 Å². The van der Waals surface area contributed by atoms with Gasteiger partial charge in [0, 0.05) is 12.5 Å². The van der Waals surface area contributed by atoms with E-state index in [0.717, 1.165) is 0 Å². The van der Waals surface area contributed by atoms with Gasteiger partial charge in [0.15, 0.2) is 18.1 Å². The predicted octanol–water partition coefficient (Wildman–Crippen LogP) is 2.77. The monoisotopic (exact) mass is 383 g/mol. The van der Waals surface area contributed by atoms with Gasteiger partial charge < -0.3 is 24.1 Å². The molecule has 1 heterocycles. The van der Waals surface area contributed by atoms with Gasteiger partial charge in [0.1, 0.15) is 12.4 Å². The summed E-state index contributed by atoms with van der Waals surface area (Å²) >= 11 is 0. The summed E-state index contributed by atoms with van der Waals surface area (Å²) in [4.78, 5) is 16.3. The number of para-hydroxylation sites is 2. The molecule has 146 valence electrons. The average molecular weight is 383 g/mol. The number of hydrogen-bond donors (Lipinski definition) is 1. The second-order valence-electron chi connectivity index (χ2n) is 5.80. The van der Waals surface area contributed by atoms with E-state index in [9.17, 15) is 4.79 Å². The van der Waals surface area contributed by atoms with Gasteiger partial charge in [-0.2, -0.15) is 4.98 Å². The van der Waals surface area contributed by atoms with E-state index in [1.807, 2.05) is 24.3 Å². The first kappa shape index (κ1) is 19.2. The Morgan fingerprint density at radius 1 is 1.07 bits per heavy atom. The minimum absolute atomic E-state index is 0.191. The molecule has 0 saturated heterocycles. The summed E-state index contributed by atoms with van der Waals surface area (Å²) in [5.41, 5.74) is 0.528. The molecule has 8 heteroatoms. The average Bonchev–Trinajstić information content (AvgIpc) is 3.15. The molecule has 1 N–H and O–H groups in total. The Bertz CT molecular complexity index is 908. The number of methoxy groups -OCH3 is 1. The van der Waals surface area contributed by atoms with E-state index in [2.05, 4.69) is 15.5 Å². The molecule has 8 nitrogen and oxygen atoms in total. The Labute approximate surface area is 162 Å². The molecule has 3 aromatic rings. The molecule has 28 heavy (non-hydrogen) atoms. The molecule has 0 bridgehead atoms. The minimum Gasteiger partial charge on any atom is -0.493 e. The zero-order valence-corrected chi connectivity index (χ0v) is 15.7. The molecule has 2 aromatic carbocycles. The van der Waals surface area contributed by atoms with Gasteiger partial charge in [-0.25, -0.2) is 0 Å². The van der Waals surface area contributed by atoms with Crippen molar-refractivity contribution < 1.29 is 23.5 Å². The number of aromatic nitrogens is 2. The summed E-state index contributed by atoms with van der Waals surface area (Å²) in [6.07, 6.45) is 0. The highest BCUT2D eigenvalue weighted by molar-refractivity contribution is 5.94. The fraction of sp³-hybridized carbons (Fsp3) is 0.250. The van der Waals surface area contributed by atoms with Gasteiger partial charge in [-0.1, -0.05) is 17.3 Å². The van der Waals surface area contributed by atoms with Crippen molar-refractivity contribution in [2.24, 2.45) is 0 Å². The summed E-state index contributed by atoms with van der Waals surface area (Å²) in [6, 6.07) is 14.2. The van der Waals surface area contributed by atoms with Crippen LogP contribution in [0.3, 0.4) is 0 Å². The van der Waals surface area contributed by atoms with Gasteiger partial charge in [-0.05, 0) is 36.4 Å². The SMILES string of the molecule is COc1ccccc1OCCNC(=O)c1ccc(OCc2noc(C)n2)cc1. The van der Waals surface area contributed by atoms with E-state index in [4.69, 9.17) is 18.7 Å². The number of aryl methyl sites for hydroxylation is 1. The number of nitrogens with zero attached hydrogens (tertiary/aromatic N) is 2. The van der Waals surface area contributed by atoms with Crippen molar-refractivity contribution in [2.75, 3.05) is 20.3 Å². The van der Waals surface area contributed by atoms with Crippen LogP contribution in [0, 0.1) is 6.92 Å². The van der Waals surface area contributed by atoms with Crippen LogP contribution in [0.25, 0.3) is 0 Å². The zero-order chi connectivity index (χ0) is 19.8. The molecule has 0 aliphatic heterocycles. The zero-order valence-electron chi connectivity index (χ0n) is 15.7. The third-order valence-corrected chi connectivity index (χ3v) is 3.77. The summed E-state index contributed by atoms with van der Waals surface area (Å²) in [7, 11) is 1.58. The lowest BCUT2D eigenvalue weighted by Gasteiger charge is -2.11. The van der Waals surface area contributed by atoms with Crippen LogP contribution in [-0.4, -0.2) is 36.3 Å². The molecular weight excluding hydrogens is 362 g/mol. The maximum absolute atomic E-state index is 12.2. The molecule has 0 fully saturated rings. The highest BCUT2D eigenvalue weighted by Gasteiger charge is 2.07. The first-order chi connectivity index (χ1) is 13.7. The Kier molecular flexibility index (Phi) is 6.46. The lowest BCUT2D eigenvalue weighted by atomic mass is 10.2. The molecule has 0 aliphatic carbocycles. The van der Waals surface area contributed by atoms with Crippen molar-refractivity contribution in [3.63, 3.8) is 0 Å². The van der Waals surface area contributed by atoms with Crippen molar-refractivity contribution in [1.29, 1.82) is 0 Å². The van der Waals surface area contributed by atoms with Crippen molar-refractivity contribution in [2.45, 2.75) is 13.5 Å². The Balaban J connectivity index is 1.43. The number of amides is 1. The Morgan fingerprint density at radius 3 is 2.50 bits per heavy atom. The van der Waals surface area contributed by atoms with E-state index in [-0.39, 0.29) is 12.5 Å². The number of carbonyl (C=O) groups excluding carboxylic acids is 1. The van der Waals surface area contributed by atoms with E-state index >= 15 is 0 Å². The highest BCUT2D eigenvalue weighted by Crippen LogP contribution is 2.25. The number of ether oxygens (including phenoxy) is 3.